The molecule has 4 nitrogen and oxygen atoms in total. The summed E-state index contributed by atoms with van der Waals surface area (Å²) in [5.41, 5.74) is 2.39. The fourth-order valence-electron chi connectivity index (χ4n) is 2.60. The van der Waals surface area contributed by atoms with Crippen LogP contribution in [0.4, 0.5) is 11.4 Å². The molecule has 0 saturated carbocycles. The van der Waals surface area contributed by atoms with E-state index in [2.05, 4.69) is 19.2 Å². The lowest BCUT2D eigenvalue weighted by Crippen LogP contribution is -2.52. The summed E-state index contributed by atoms with van der Waals surface area (Å²) in [5, 5.41) is 11.0. The van der Waals surface area contributed by atoms with Gasteiger partial charge in [0.05, 0.1) is 11.4 Å². The van der Waals surface area contributed by atoms with Crippen molar-refractivity contribution in [3.8, 4) is 0 Å². The van der Waals surface area contributed by atoms with Crippen LogP contribution in [-0.4, -0.2) is 24.7 Å². The van der Waals surface area contributed by atoms with Crippen molar-refractivity contribution in [3.63, 3.8) is 0 Å². The molecule has 0 fully saturated rings. The molecule has 1 aliphatic rings. The molecule has 2 N–H and O–H groups in total. The molecule has 0 radical (unpaired) electrons. The molecule has 0 unspecified atom stereocenters. The molecule has 0 aliphatic carbocycles. The summed E-state index contributed by atoms with van der Waals surface area (Å²) < 4.78 is 0. The lowest BCUT2D eigenvalue weighted by Gasteiger charge is -2.41. The Morgan fingerprint density at radius 3 is 2.70 bits per heavy atom. The summed E-state index contributed by atoms with van der Waals surface area (Å²) in [6, 6.07) is 7.62. The first-order valence-electron chi connectivity index (χ1n) is 7.00. The molecular formula is C16H23N3O. The number of nitrogens with one attached hydrogen (secondary N) is 2. The Hall–Kier alpha value is -1.84. The van der Waals surface area contributed by atoms with Crippen LogP contribution >= 0.6 is 0 Å². The minimum absolute atomic E-state index is 0.0938. The van der Waals surface area contributed by atoms with Crippen LogP contribution in [0.1, 0.15) is 33.6 Å². The average molecular weight is 273 g/mol. The van der Waals surface area contributed by atoms with Crippen LogP contribution in [-0.2, 0) is 4.79 Å². The molecule has 108 valence electrons. The van der Waals surface area contributed by atoms with Gasteiger partial charge in [0.2, 0.25) is 5.91 Å². The summed E-state index contributed by atoms with van der Waals surface area (Å²) in [7, 11) is 1.83. The number of likely N-dealkylation sites (N-methyl/N-ethyl adjacent to an activating group) is 1. The summed E-state index contributed by atoms with van der Waals surface area (Å²) >= 11 is 0. The number of carbonyl (C=O) groups excluding carboxylic acids is 1. The fraction of sp³-hybridized carbons (Fsp3) is 0.500. The summed E-state index contributed by atoms with van der Waals surface area (Å²) in [5.74, 6) is 0.0938. The minimum atomic E-state index is -0.248. The molecule has 1 aliphatic heterocycles. The predicted molar refractivity (Wildman–Crippen MR) is 83.7 cm³/mol. The second-order valence-corrected chi connectivity index (χ2v) is 6.26. The van der Waals surface area contributed by atoms with Gasteiger partial charge < -0.3 is 15.6 Å². The highest BCUT2D eigenvalue weighted by Gasteiger charge is 2.40. The van der Waals surface area contributed by atoms with Gasteiger partial charge in [0.1, 0.15) is 6.04 Å². The number of anilines is 2. The summed E-state index contributed by atoms with van der Waals surface area (Å²) in [4.78, 5) is 14.3. The Balaban J connectivity index is 2.26. The standard InChI is InChI=1S/C16H23N3O/c1-11(17)9-10-16(2,3)14-15(20)19(4)13-8-6-5-7-12(13)18-14/h5-8,14,17-18H,9-10H2,1-4H3/t14-/m1/s1. The number of fused-ring (bicyclic) bond motifs is 1. The Bertz CT molecular complexity index is 536. The largest absolute Gasteiger partial charge is 0.372 e. The zero-order valence-corrected chi connectivity index (χ0v) is 12.7. The molecule has 4 heteroatoms. The molecular weight excluding hydrogens is 250 g/mol. The first kappa shape index (κ1) is 14.6. The van der Waals surface area contributed by atoms with Crippen molar-refractivity contribution in [2.75, 3.05) is 17.3 Å². The SMILES string of the molecule is CC(=N)CCC(C)(C)[C@@H]1Nc2ccccc2N(C)C1=O. The first-order chi connectivity index (χ1) is 9.33. The number of para-hydroxylation sites is 2. The molecule has 1 atom stereocenters. The maximum Gasteiger partial charge on any atom is 0.249 e. The van der Waals surface area contributed by atoms with Gasteiger partial charge in [0.15, 0.2) is 0 Å². The second kappa shape index (κ2) is 5.27. The van der Waals surface area contributed by atoms with Gasteiger partial charge in [0.25, 0.3) is 0 Å². The van der Waals surface area contributed by atoms with E-state index < -0.39 is 0 Å². The van der Waals surface area contributed by atoms with Crippen LogP contribution in [0.2, 0.25) is 0 Å². The fourth-order valence-corrected chi connectivity index (χ4v) is 2.60. The second-order valence-electron chi connectivity index (χ2n) is 6.26. The number of carbonyl (C=O) groups is 1. The lowest BCUT2D eigenvalue weighted by atomic mass is 9.78. The smallest absolute Gasteiger partial charge is 0.249 e. The van der Waals surface area contributed by atoms with Gasteiger partial charge in [-0.2, -0.15) is 0 Å². The Morgan fingerprint density at radius 2 is 2.05 bits per heavy atom. The van der Waals surface area contributed by atoms with E-state index in [0.717, 1.165) is 24.2 Å². The summed E-state index contributed by atoms with van der Waals surface area (Å²) in [6.07, 6.45) is 1.55. The number of nitrogens with zero attached hydrogens (tertiary/aromatic N) is 1. The van der Waals surface area contributed by atoms with Crippen molar-refractivity contribution >= 4 is 23.0 Å². The highest BCUT2D eigenvalue weighted by molar-refractivity contribution is 6.05. The van der Waals surface area contributed by atoms with Gasteiger partial charge >= 0.3 is 0 Å². The normalized spacial score (nSPS) is 18.5. The van der Waals surface area contributed by atoms with E-state index >= 15 is 0 Å². The number of rotatable bonds is 4. The molecule has 1 heterocycles. The van der Waals surface area contributed by atoms with Crippen LogP contribution in [0.25, 0.3) is 0 Å². The van der Waals surface area contributed by atoms with E-state index in [4.69, 9.17) is 5.41 Å². The Labute approximate surface area is 120 Å². The van der Waals surface area contributed by atoms with E-state index in [0.29, 0.717) is 5.71 Å². The van der Waals surface area contributed by atoms with Gasteiger partial charge in [-0.15, -0.1) is 0 Å². The molecule has 2 rings (SSSR count). The van der Waals surface area contributed by atoms with E-state index in [9.17, 15) is 4.79 Å². The van der Waals surface area contributed by atoms with Gasteiger partial charge in [-0.25, -0.2) is 0 Å². The molecule has 0 saturated heterocycles. The molecule has 20 heavy (non-hydrogen) atoms. The lowest BCUT2D eigenvalue weighted by molar-refractivity contribution is -0.121. The zero-order valence-electron chi connectivity index (χ0n) is 12.7. The summed E-state index contributed by atoms with van der Waals surface area (Å²) in [6.45, 7) is 5.99. The van der Waals surface area contributed by atoms with Crippen LogP contribution in [0.15, 0.2) is 24.3 Å². The van der Waals surface area contributed by atoms with Crippen molar-refractivity contribution in [2.45, 2.75) is 39.7 Å². The highest BCUT2D eigenvalue weighted by atomic mass is 16.2. The maximum atomic E-state index is 12.6. The molecule has 1 aromatic carbocycles. The van der Waals surface area contributed by atoms with Crippen LogP contribution in [0.3, 0.4) is 0 Å². The third kappa shape index (κ3) is 2.69. The van der Waals surface area contributed by atoms with Gasteiger partial charge in [-0.05, 0) is 37.3 Å². The van der Waals surface area contributed by atoms with E-state index in [1.807, 2.05) is 38.2 Å². The van der Waals surface area contributed by atoms with Gasteiger partial charge in [-0.3, -0.25) is 4.79 Å². The van der Waals surface area contributed by atoms with E-state index in [-0.39, 0.29) is 17.4 Å². The zero-order chi connectivity index (χ0) is 14.9. The number of hydrogen-bond acceptors (Lipinski definition) is 3. The third-order valence-corrected chi connectivity index (χ3v) is 4.07. The molecule has 0 bridgehead atoms. The molecule has 1 aromatic rings. The average Bonchev–Trinajstić information content (AvgIpc) is 2.40. The quantitative estimate of drug-likeness (QED) is 0.827. The third-order valence-electron chi connectivity index (χ3n) is 4.07. The van der Waals surface area contributed by atoms with Crippen molar-refractivity contribution in [2.24, 2.45) is 5.41 Å². The first-order valence-corrected chi connectivity index (χ1v) is 7.00. The molecule has 0 spiro atoms. The molecule has 0 aromatic heterocycles. The number of hydrogen-bond donors (Lipinski definition) is 2. The highest BCUT2D eigenvalue weighted by Crippen LogP contribution is 2.37. The van der Waals surface area contributed by atoms with Gasteiger partial charge in [0, 0.05) is 12.8 Å². The molecule has 1 amide bonds. The topological polar surface area (TPSA) is 56.2 Å². The van der Waals surface area contributed by atoms with Crippen molar-refractivity contribution in [1.82, 2.24) is 0 Å². The maximum absolute atomic E-state index is 12.6. The van der Waals surface area contributed by atoms with Crippen molar-refractivity contribution in [1.29, 1.82) is 5.41 Å². The predicted octanol–water partition coefficient (Wildman–Crippen LogP) is 3.29. The van der Waals surface area contributed by atoms with Gasteiger partial charge in [-0.1, -0.05) is 26.0 Å². The van der Waals surface area contributed by atoms with Crippen LogP contribution < -0.4 is 10.2 Å². The Morgan fingerprint density at radius 1 is 1.40 bits per heavy atom. The van der Waals surface area contributed by atoms with Crippen molar-refractivity contribution < 1.29 is 4.79 Å². The van der Waals surface area contributed by atoms with Crippen molar-refractivity contribution in [3.05, 3.63) is 24.3 Å². The van der Waals surface area contributed by atoms with E-state index in [1.165, 1.54) is 0 Å². The number of amides is 1. The monoisotopic (exact) mass is 273 g/mol. The van der Waals surface area contributed by atoms with Crippen LogP contribution in [0.5, 0.6) is 0 Å². The van der Waals surface area contributed by atoms with E-state index in [1.54, 1.807) is 4.90 Å². The Kier molecular flexibility index (Phi) is 3.84. The minimum Gasteiger partial charge on any atom is -0.372 e. The number of benzene rings is 1. The van der Waals surface area contributed by atoms with Crippen LogP contribution in [0, 0.1) is 10.8 Å².